The summed E-state index contributed by atoms with van der Waals surface area (Å²) < 4.78 is 39.4. The van der Waals surface area contributed by atoms with Crippen molar-refractivity contribution in [2.75, 3.05) is 138 Å². The molecule has 0 saturated carbocycles. The van der Waals surface area contributed by atoms with Gasteiger partial charge in [0.05, 0.1) is 132 Å². The van der Waals surface area contributed by atoms with Gasteiger partial charge in [0.15, 0.2) is 10.3 Å². The van der Waals surface area contributed by atoms with Crippen LogP contribution in [0.25, 0.3) is 0 Å². The van der Waals surface area contributed by atoms with Gasteiger partial charge in [0.1, 0.15) is 47.1 Å². The molecule has 9 heterocycles. The molecule has 5 atom stereocenters. The molecule has 0 bridgehead atoms. The number of β-amino-alcohol motifs (C(OH)–C–C–N with tert-alkyl or cyclic N) is 2. The molecule has 9 aromatic carbocycles. The van der Waals surface area contributed by atoms with Crippen molar-refractivity contribution in [1.29, 1.82) is 26.3 Å². The standard InChI is InChI=1S/C25H25N5O2S.C19H18N2O3.C18H16N2O3.C11H12N2O.C8H8O3.C7H4FN.C7H11N3S.C4H9NO.CH2O3.2K.H/c1-29-11-10-22-23(16-29)33-25(27-22)28-24(31)18-3-2-4-20(13-18)32-21-9-12-30(15-21)19-7-5-17(14-26)6-8-19;1-23-19(22)15-3-2-4-17(11-15)24-18-9-10-21(13-18)16-7-5-14(12-20)6-8-16;19-11-13-4-6-15(7-5-13)20-9-8-17(12-20)23-16-3-1-2-14(10-16)18(21)22;12-7-9-1-3-10(4-2-9)13-6-5-11(14)8-13;1-11-8(10)6-3-2-4-7(9)5-6;8-7-3-1-6(5-9)2-4-7;1-10-3-2-5-6(4-10)11-7(8)9-5;6-4-1-2-5-3-4;2-1-4-3;;;/h2-8,13,21H,9-12,15-16H2,1H3,(H,27,28,31);2-8,11,18H,9-10,13H2,1H3;1-7,10,17H,8-9,12H2,(H,21,22);1-4,11,14H,5-6,8H2;2-5,9H,1H3;1-4H;2-4H2,1H3,(H2,8,9);4-6H,1-3H2;1,3H;;;/q;;;;;;;;;2*+1;-1/p-1/t21-;18-;17-;11-;;;;4-;;;;/m0001...1..../s1. The predicted molar refractivity (Wildman–Crippen MR) is 508 cm³/mol. The number of nitrogens with two attached hydrogens (primary N) is 1. The molecule has 5 fully saturated rings. The van der Waals surface area contributed by atoms with E-state index < -0.39 is 11.9 Å². The molecule has 2 aromatic heterocycles. The summed E-state index contributed by atoms with van der Waals surface area (Å²) in [4.78, 5) is 82.3. The van der Waals surface area contributed by atoms with E-state index in [9.17, 15) is 28.7 Å². The Morgan fingerprint density at radius 2 is 0.869 bits per heavy atom. The van der Waals surface area contributed by atoms with E-state index in [1.807, 2.05) is 97.1 Å². The molecule has 37 heteroatoms. The number of likely N-dealkylation sites (N-methyl/N-ethyl adjacent to an activating group) is 2. The molecule has 11 aromatic rings. The summed E-state index contributed by atoms with van der Waals surface area (Å²) in [5, 5.41) is 95.3. The molecule has 7 aliphatic heterocycles. The number of aliphatic hydroxyl groups is 2. The van der Waals surface area contributed by atoms with Crippen LogP contribution in [0.2, 0.25) is 0 Å². The van der Waals surface area contributed by atoms with Crippen LogP contribution in [0.1, 0.15) is 124 Å². The fourth-order valence-corrected chi connectivity index (χ4v) is 16.8. The van der Waals surface area contributed by atoms with Gasteiger partial charge < -0.3 is 96.1 Å². The van der Waals surface area contributed by atoms with Crippen LogP contribution in [0.4, 0.5) is 37.4 Å². The smallest absolute Gasteiger partial charge is 1.00 e. The Bertz CT molecular complexity index is 5940. The Labute approximate surface area is 889 Å². The number of nitrogens with zero attached hydrogens (tertiary/aromatic N) is 13. The Kier molecular flexibility index (Phi) is 46.8. The quantitative estimate of drug-likeness (QED) is 0.0180. The second-order valence-corrected chi connectivity index (χ2v) is 33.8. The number of phenolic OH excluding ortho intramolecular Hbond substituents is 1. The number of carbonyl (C=O) groups is 5. The Balaban J connectivity index is 0.000000223. The summed E-state index contributed by atoms with van der Waals surface area (Å²) in [6, 6.07) is 72.8. The van der Waals surface area contributed by atoms with Crippen LogP contribution < -0.4 is 158 Å². The second-order valence-electron chi connectivity index (χ2n) is 31.6. The van der Waals surface area contributed by atoms with Crippen LogP contribution >= 0.6 is 22.7 Å². The van der Waals surface area contributed by atoms with Gasteiger partial charge in [-0.15, -0.1) is 22.7 Å². The van der Waals surface area contributed by atoms with Gasteiger partial charge in [0.2, 0.25) is 0 Å². The number of aromatic carboxylic acids is 1. The number of methoxy groups -OCH3 is 2. The number of nitrogens with one attached hydrogen (secondary N) is 2. The van der Waals surface area contributed by atoms with E-state index in [2.05, 4.69) is 98.0 Å². The van der Waals surface area contributed by atoms with Gasteiger partial charge in [-0.1, -0.05) is 24.3 Å². The third kappa shape index (κ3) is 36.2. The van der Waals surface area contributed by atoms with Crippen molar-refractivity contribution in [2.24, 2.45) is 0 Å². The topological polar surface area (TPSA) is 459 Å². The first-order valence-electron chi connectivity index (χ1n) is 43.2. The zero-order valence-electron chi connectivity index (χ0n) is 77.9. The average Bonchev–Trinajstić information content (AvgIpc) is 1.69. The summed E-state index contributed by atoms with van der Waals surface area (Å²) in [6.07, 6.45) is 6.28. The maximum Gasteiger partial charge on any atom is 1.00 e. The minimum Gasteiger partial charge on any atom is -1.00 e. The number of carboxylic acids is 1. The second kappa shape index (κ2) is 58.1. The number of aromatic hydroxyl groups is 1. The largest absolute Gasteiger partial charge is 1.00 e. The number of thiazole rings is 2. The number of phenols is 1. The SMILES string of the molecule is CN1CCc2nc(N)sc2C1.CN1CCc2nc(NC(=O)c3cccc(O[C@H]4CCN(c5ccc(C#N)cc5)C4)c3)sc2C1.COC(=O)c1cccc(O)c1.COC(=O)c1cccc(O[C@H]2CCN(c3ccc(C#N)cc3)C2)c1.N#Cc1ccc(F)cc1.N#Cc1ccc(N2CC[C@@H](O)C2)cc1.N#Cc1ccc(N2CC[C@H](Oc3cccc(C(=O)O)c3)C2)cc1.O=CO[O-].O[C@@H]1CCNC1.[H-].[K+].[K+]. The number of amides is 1. The average molecular weight is 1950 g/mol. The number of rotatable bonds is 16. The van der Waals surface area contributed by atoms with Gasteiger partial charge in [0, 0.05) is 136 Å². The number of hydrogen-bond acceptors (Lipinski definition) is 32. The number of esters is 2. The third-order valence-corrected chi connectivity index (χ3v) is 23.7. The van der Waals surface area contributed by atoms with Crippen molar-refractivity contribution in [3.05, 3.63) is 295 Å². The number of halogens is 1. The van der Waals surface area contributed by atoms with Gasteiger partial charge in [-0.3, -0.25) is 14.9 Å². The van der Waals surface area contributed by atoms with Crippen molar-refractivity contribution < 1.29 is 187 Å². The molecule has 0 spiro atoms. The molecule has 0 aliphatic carbocycles. The number of carbonyl (C=O) groups excluding carboxylic acids is 4. The molecule has 18 rings (SSSR count). The van der Waals surface area contributed by atoms with Crippen LogP contribution in [0.15, 0.2) is 218 Å². The van der Waals surface area contributed by atoms with Gasteiger partial charge in [-0.05, 0) is 228 Å². The Morgan fingerprint density at radius 1 is 0.504 bits per heavy atom. The third-order valence-electron chi connectivity index (χ3n) is 21.8. The molecule has 0 radical (unpaired) electrons. The summed E-state index contributed by atoms with van der Waals surface area (Å²) in [5.41, 5.74) is 17.0. The van der Waals surface area contributed by atoms with E-state index in [0.717, 1.165) is 158 Å². The molecule has 5 saturated heterocycles. The van der Waals surface area contributed by atoms with E-state index >= 15 is 0 Å². The van der Waals surface area contributed by atoms with Crippen molar-refractivity contribution in [1.82, 2.24) is 25.1 Å². The van der Waals surface area contributed by atoms with E-state index in [1.54, 1.807) is 114 Å². The van der Waals surface area contributed by atoms with Crippen LogP contribution in [-0.4, -0.2) is 208 Å². The van der Waals surface area contributed by atoms with Gasteiger partial charge >= 0.3 is 121 Å². The van der Waals surface area contributed by atoms with Gasteiger partial charge in [-0.2, -0.15) is 26.3 Å². The first kappa shape index (κ1) is 111. The van der Waals surface area contributed by atoms with Crippen molar-refractivity contribution in [3.63, 3.8) is 0 Å². The minimum absolute atomic E-state index is 0. The first-order chi connectivity index (χ1) is 65.3. The fraction of sp³-hybridized carbons (Fsp3) is 0.300. The normalized spacial score (nSPS) is 16.6. The number of nitrogen functional groups attached to an aromatic ring is 1. The molecule has 8 N–H and O–H groups in total. The van der Waals surface area contributed by atoms with Gasteiger partial charge in [0.25, 0.3) is 12.4 Å². The van der Waals surface area contributed by atoms with E-state index in [4.69, 9.17) is 76.4 Å². The van der Waals surface area contributed by atoms with Crippen LogP contribution in [0.5, 0.6) is 23.0 Å². The molecule has 0 unspecified atom stereocenters. The molecular formula is C100H105FK2N16O16S2. The minimum atomic E-state index is -0.957. The zero-order chi connectivity index (χ0) is 96.5. The number of anilines is 6. The molecule has 32 nitrogen and oxygen atoms in total. The molecule has 137 heavy (non-hydrogen) atoms. The van der Waals surface area contributed by atoms with Crippen LogP contribution in [0, 0.1) is 62.5 Å². The summed E-state index contributed by atoms with van der Waals surface area (Å²) >= 11 is 3.17. The fourth-order valence-electron chi connectivity index (χ4n) is 14.7. The summed E-state index contributed by atoms with van der Waals surface area (Å²) in [6.45, 7) is 12.1. The summed E-state index contributed by atoms with van der Waals surface area (Å²) in [5.74, 6) is -0.254. The van der Waals surface area contributed by atoms with Crippen molar-refractivity contribution in [3.8, 4) is 53.3 Å². The number of nitriles is 5. The maximum absolute atomic E-state index is 12.8. The number of benzene rings is 9. The zero-order valence-corrected chi connectivity index (χ0v) is 84.8. The number of aromatic nitrogens is 2. The van der Waals surface area contributed by atoms with Crippen LogP contribution in [-0.2, 0) is 45.1 Å². The number of hydrogen-bond donors (Lipinski definition) is 7. The van der Waals surface area contributed by atoms with Crippen molar-refractivity contribution >= 4 is 86.0 Å². The first-order valence-corrected chi connectivity index (χ1v) is 44.8. The van der Waals surface area contributed by atoms with Crippen molar-refractivity contribution in [2.45, 2.75) is 88.6 Å². The number of aliphatic hydroxyl groups excluding tert-OH is 2. The van der Waals surface area contributed by atoms with E-state index in [-0.39, 0.29) is 170 Å². The van der Waals surface area contributed by atoms with Crippen LogP contribution in [0.3, 0.4) is 0 Å². The number of carboxylic acid groups (broad SMARTS) is 1. The molecular weight excluding hydrogens is 1840 g/mol. The number of ether oxygens (including phenoxy) is 5. The Hall–Kier alpha value is -11.8. The van der Waals surface area contributed by atoms with E-state index in [0.29, 0.717) is 78.6 Å². The van der Waals surface area contributed by atoms with Gasteiger partial charge in [-0.25, -0.2) is 28.7 Å². The molecule has 1 amide bonds. The monoisotopic (exact) mass is 1950 g/mol. The van der Waals surface area contributed by atoms with E-state index in [1.165, 1.54) is 66.1 Å². The summed E-state index contributed by atoms with van der Waals surface area (Å²) in [7, 11) is 6.88. The molecule has 702 valence electrons. The Morgan fingerprint density at radius 3 is 1.23 bits per heavy atom. The molecule has 7 aliphatic rings. The predicted octanol–water partition coefficient (Wildman–Crippen LogP) is 6.44. The maximum atomic E-state index is 12.8. The number of fused-ring (bicyclic) bond motifs is 2.